The smallest absolute Gasteiger partial charge is 0.294 e. The minimum Gasteiger partial charge on any atom is -0.313 e. The molecule has 0 saturated carbocycles. The molecule has 0 aliphatic rings. The molecule has 0 rings (SSSR count). The van der Waals surface area contributed by atoms with Crippen LogP contribution in [0.2, 0.25) is 0 Å². The molecule has 17 heteroatoms. The lowest BCUT2D eigenvalue weighted by atomic mass is 9.92. The lowest BCUT2D eigenvalue weighted by Crippen LogP contribution is -2.43. The molecule has 0 aromatic carbocycles. The van der Waals surface area contributed by atoms with E-state index in [-0.39, 0.29) is 12.4 Å². The zero-order valence-corrected chi connectivity index (χ0v) is 11.2. The summed E-state index contributed by atoms with van der Waals surface area (Å²) in [5, 5.41) is 35.3. The predicted molar refractivity (Wildman–Crippen MR) is 61.5 cm³/mol. The van der Waals surface area contributed by atoms with Crippen molar-refractivity contribution in [3.63, 3.8) is 0 Å². The molecule has 0 aromatic heterocycles. The summed E-state index contributed by atoms with van der Waals surface area (Å²) in [5.74, 6) is 0. The molecule has 128 valence electrons. The van der Waals surface area contributed by atoms with Crippen molar-refractivity contribution in [1.82, 2.24) is 0 Å². The molecule has 0 aromatic rings. The summed E-state index contributed by atoms with van der Waals surface area (Å²) in [7, 11) is 0. The Balaban J connectivity index is 0. The second kappa shape index (κ2) is 9.91. The van der Waals surface area contributed by atoms with Gasteiger partial charge in [-0.25, -0.2) is 0 Å². The van der Waals surface area contributed by atoms with E-state index >= 15 is 0 Å². The second-order valence-corrected chi connectivity index (χ2v) is 3.49. The van der Waals surface area contributed by atoms with Gasteiger partial charge in [0.25, 0.3) is 20.3 Å². The Morgan fingerprint density at radius 3 is 0.909 bits per heavy atom. The molecule has 22 heavy (non-hydrogen) atoms. The Kier molecular flexibility index (Phi) is 9.63. The third kappa shape index (κ3) is 9.95. The molecule has 0 aliphatic carbocycles. The fraction of sp³-hybridized carbons (Fsp3) is 1.00. The molecule has 0 unspecified atom stereocenters. The molecule has 0 saturated heterocycles. The molecular weight excluding hydrogens is 344 g/mol. The molecule has 0 heterocycles. The van der Waals surface area contributed by atoms with Crippen molar-refractivity contribution >= 4 is 12.4 Å². The van der Waals surface area contributed by atoms with Crippen molar-refractivity contribution in [3.05, 3.63) is 40.5 Å². The highest BCUT2D eigenvalue weighted by Crippen LogP contribution is 2.21. The lowest BCUT2D eigenvalue weighted by molar-refractivity contribution is -0.792. The average molecular weight is 353 g/mol. The number of hydrogen-bond acceptors (Lipinski definition) is 12. The quantitative estimate of drug-likeness (QED) is 0.313. The molecule has 0 aliphatic heterocycles. The Hall–Kier alpha value is -2.91. The third-order valence-corrected chi connectivity index (χ3v) is 1.90. The third-order valence-electron chi connectivity index (χ3n) is 1.90. The lowest BCUT2D eigenvalue weighted by Gasteiger charge is -2.28. The van der Waals surface area contributed by atoms with Crippen molar-refractivity contribution in [2.75, 3.05) is 26.4 Å². The van der Waals surface area contributed by atoms with Gasteiger partial charge in [0.2, 0.25) is 0 Å². The van der Waals surface area contributed by atoms with Crippen LogP contribution in [-0.4, -0.2) is 46.8 Å². The van der Waals surface area contributed by atoms with Crippen molar-refractivity contribution in [2.45, 2.75) is 0 Å². The molecule has 0 amide bonds. The predicted octanol–water partition coefficient (Wildman–Crippen LogP) is -0.772. The number of halogens is 1. The monoisotopic (exact) mass is 352 g/mol. The van der Waals surface area contributed by atoms with Gasteiger partial charge in [0.1, 0.15) is 26.4 Å². The van der Waals surface area contributed by atoms with Crippen molar-refractivity contribution in [1.29, 1.82) is 0 Å². The maximum absolute atomic E-state index is 10.1. The minimum absolute atomic E-state index is 0. The first-order chi connectivity index (χ1) is 9.67. The van der Waals surface area contributed by atoms with E-state index < -0.39 is 52.2 Å². The van der Waals surface area contributed by atoms with Gasteiger partial charge in [-0.2, -0.15) is 0 Å². The maximum atomic E-state index is 10.1. The molecule has 0 N–H and O–H groups in total. The Morgan fingerprint density at radius 1 is 0.591 bits per heavy atom. The highest BCUT2D eigenvalue weighted by Gasteiger charge is 2.37. The maximum Gasteiger partial charge on any atom is 0.294 e. The zero-order valence-electron chi connectivity index (χ0n) is 10.4. The van der Waals surface area contributed by atoms with Crippen molar-refractivity contribution < 1.29 is 39.7 Å². The Bertz CT molecular complexity index is 339. The van der Waals surface area contributed by atoms with Crippen LogP contribution in [0.1, 0.15) is 0 Å². The molecule has 0 spiro atoms. The minimum atomic E-state index is -2.03. The van der Waals surface area contributed by atoms with Crippen LogP contribution in [0.4, 0.5) is 0 Å². The van der Waals surface area contributed by atoms with Crippen molar-refractivity contribution in [3.8, 4) is 0 Å². The topological polar surface area (TPSA) is 209 Å². The second-order valence-electron chi connectivity index (χ2n) is 3.49. The van der Waals surface area contributed by atoms with E-state index in [4.69, 9.17) is 0 Å². The van der Waals surface area contributed by atoms with Crippen LogP contribution in [-0.2, 0) is 19.4 Å². The molecule has 0 radical (unpaired) electrons. The zero-order chi connectivity index (χ0) is 16.5. The highest BCUT2D eigenvalue weighted by atomic mass is 35.5. The SMILES string of the molecule is Cl.O=[N+]([O-])OCC(CO[N+](=O)[O-])(CO[N+](=O)[O-])CO[N+](=O)[O-]. The van der Waals surface area contributed by atoms with E-state index in [1.807, 2.05) is 0 Å². The van der Waals surface area contributed by atoms with E-state index in [0.29, 0.717) is 0 Å². The van der Waals surface area contributed by atoms with Crippen LogP contribution in [0, 0.1) is 45.9 Å². The summed E-state index contributed by atoms with van der Waals surface area (Å²) < 4.78 is 0. The van der Waals surface area contributed by atoms with Crippen LogP contribution in [0.3, 0.4) is 0 Å². The summed E-state index contributed by atoms with van der Waals surface area (Å²) in [6.45, 7) is -4.13. The van der Waals surface area contributed by atoms with Gasteiger partial charge in [-0.1, -0.05) is 0 Å². The normalized spacial score (nSPS) is 9.82. The molecule has 16 nitrogen and oxygen atoms in total. The molecular formula is C5H9ClN4O12. The van der Waals surface area contributed by atoms with Gasteiger partial charge in [0.05, 0.1) is 5.41 Å². The van der Waals surface area contributed by atoms with Crippen LogP contribution in [0.5, 0.6) is 0 Å². The number of rotatable bonds is 12. The van der Waals surface area contributed by atoms with Gasteiger partial charge in [-0.3, -0.25) is 0 Å². The molecule has 0 bridgehead atoms. The number of nitrogens with zero attached hydrogens (tertiary/aromatic N) is 4. The average Bonchev–Trinajstić information content (AvgIpc) is 2.36. The van der Waals surface area contributed by atoms with Crippen LogP contribution in [0.25, 0.3) is 0 Å². The van der Waals surface area contributed by atoms with Crippen LogP contribution in [0.15, 0.2) is 0 Å². The molecule has 0 fully saturated rings. The van der Waals surface area contributed by atoms with E-state index in [2.05, 4.69) is 19.4 Å². The van der Waals surface area contributed by atoms with E-state index in [1.165, 1.54) is 0 Å². The van der Waals surface area contributed by atoms with Gasteiger partial charge in [0.15, 0.2) is 0 Å². The van der Waals surface area contributed by atoms with E-state index in [9.17, 15) is 40.5 Å². The van der Waals surface area contributed by atoms with Gasteiger partial charge in [-0.15, -0.1) is 52.9 Å². The van der Waals surface area contributed by atoms with Gasteiger partial charge >= 0.3 is 0 Å². The summed E-state index contributed by atoms with van der Waals surface area (Å²) in [6.07, 6.45) is 0. The first-order valence-electron chi connectivity index (χ1n) is 4.76. The number of hydrogen-bond donors (Lipinski definition) is 0. The largest absolute Gasteiger partial charge is 0.313 e. The first-order valence-corrected chi connectivity index (χ1v) is 4.76. The van der Waals surface area contributed by atoms with Crippen molar-refractivity contribution in [2.24, 2.45) is 5.41 Å². The van der Waals surface area contributed by atoms with E-state index in [1.54, 1.807) is 0 Å². The van der Waals surface area contributed by atoms with Crippen LogP contribution < -0.4 is 0 Å². The molecule has 0 atom stereocenters. The first kappa shape index (κ1) is 21.4. The summed E-state index contributed by atoms with van der Waals surface area (Å²) in [6, 6.07) is 0. The highest BCUT2D eigenvalue weighted by molar-refractivity contribution is 5.85. The fourth-order valence-electron chi connectivity index (χ4n) is 1.01. The van der Waals surface area contributed by atoms with Gasteiger partial charge in [-0.05, 0) is 0 Å². The standard InChI is InChI=1S/C5H8N4O12.ClH/c10-6(11)18-1-5(2-19-7(12)13,3-20-8(14)15)4-21-9(16)17;/h1-4H2;1H. The van der Waals surface area contributed by atoms with Gasteiger partial charge in [0, 0.05) is 0 Å². The van der Waals surface area contributed by atoms with Gasteiger partial charge < -0.3 is 19.4 Å². The summed E-state index contributed by atoms with van der Waals surface area (Å²) in [5.41, 5.74) is -2.03. The Labute approximate surface area is 125 Å². The van der Waals surface area contributed by atoms with Crippen LogP contribution >= 0.6 is 12.4 Å². The fourth-order valence-corrected chi connectivity index (χ4v) is 1.01. The Morgan fingerprint density at radius 2 is 0.773 bits per heavy atom. The summed E-state index contributed by atoms with van der Waals surface area (Å²) in [4.78, 5) is 56.2. The summed E-state index contributed by atoms with van der Waals surface area (Å²) >= 11 is 0. The van der Waals surface area contributed by atoms with E-state index in [0.717, 1.165) is 0 Å².